The van der Waals surface area contributed by atoms with Crippen LogP contribution in [-0.2, 0) is 0 Å². The molecular formula is C15H26N2. The maximum atomic E-state index is 4.37. The lowest BCUT2D eigenvalue weighted by Crippen LogP contribution is -2.32. The zero-order valence-corrected chi connectivity index (χ0v) is 11.7. The van der Waals surface area contributed by atoms with Crippen molar-refractivity contribution in [1.29, 1.82) is 0 Å². The molecule has 1 aliphatic rings. The van der Waals surface area contributed by atoms with Crippen LogP contribution < -0.4 is 0 Å². The molecule has 0 aromatic carbocycles. The summed E-state index contributed by atoms with van der Waals surface area (Å²) in [6.07, 6.45) is 6.12. The third-order valence-corrected chi connectivity index (χ3v) is 3.36. The highest BCUT2D eigenvalue weighted by Crippen LogP contribution is 2.23. The summed E-state index contributed by atoms with van der Waals surface area (Å²) in [6.45, 7) is 10.8. The van der Waals surface area contributed by atoms with Gasteiger partial charge in [0.1, 0.15) is 0 Å². The van der Waals surface area contributed by atoms with Crippen molar-refractivity contribution in [3.8, 4) is 0 Å². The third kappa shape index (κ3) is 4.12. The summed E-state index contributed by atoms with van der Waals surface area (Å²) in [5.41, 5.74) is 2.45. The van der Waals surface area contributed by atoms with Gasteiger partial charge in [0.15, 0.2) is 0 Å². The molecule has 0 bridgehead atoms. The zero-order chi connectivity index (χ0) is 12.7. The molecule has 1 unspecified atom stereocenters. The number of hydrogen-bond donors (Lipinski definition) is 0. The SMILES string of the molecule is CC.Cc1ccc(C(C)N2CCCCC2)cn1. The maximum absolute atomic E-state index is 4.37. The molecule has 2 heteroatoms. The van der Waals surface area contributed by atoms with Gasteiger partial charge in [0.25, 0.3) is 0 Å². The summed E-state index contributed by atoms with van der Waals surface area (Å²) in [7, 11) is 0. The van der Waals surface area contributed by atoms with Crippen LogP contribution in [0.15, 0.2) is 18.3 Å². The zero-order valence-electron chi connectivity index (χ0n) is 11.7. The largest absolute Gasteiger partial charge is 0.297 e. The van der Waals surface area contributed by atoms with Crippen molar-refractivity contribution in [2.24, 2.45) is 0 Å². The average Bonchev–Trinajstić information content (AvgIpc) is 2.42. The van der Waals surface area contributed by atoms with Crippen LogP contribution in [0.1, 0.15) is 57.3 Å². The number of hydrogen-bond acceptors (Lipinski definition) is 2. The van der Waals surface area contributed by atoms with Crippen molar-refractivity contribution in [2.75, 3.05) is 13.1 Å². The van der Waals surface area contributed by atoms with Gasteiger partial charge in [-0.1, -0.05) is 26.3 Å². The van der Waals surface area contributed by atoms with E-state index in [2.05, 4.69) is 28.9 Å². The van der Waals surface area contributed by atoms with Crippen LogP contribution in [-0.4, -0.2) is 23.0 Å². The lowest BCUT2D eigenvalue weighted by Gasteiger charge is -2.32. The van der Waals surface area contributed by atoms with E-state index in [4.69, 9.17) is 0 Å². The number of nitrogens with zero attached hydrogens (tertiary/aromatic N) is 2. The van der Waals surface area contributed by atoms with E-state index in [0.717, 1.165) is 5.69 Å². The lowest BCUT2D eigenvalue weighted by atomic mass is 10.0. The molecule has 1 atom stereocenters. The molecule has 17 heavy (non-hydrogen) atoms. The fourth-order valence-corrected chi connectivity index (χ4v) is 2.24. The van der Waals surface area contributed by atoms with Crippen LogP contribution in [0, 0.1) is 6.92 Å². The maximum Gasteiger partial charge on any atom is 0.0372 e. The van der Waals surface area contributed by atoms with Crippen LogP contribution in [0.4, 0.5) is 0 Å². The van der Waals surface area contributed by atoms with E-state index in [9.17, 15) is 0 Å². The van der Waals surface area contributed by atoms with Crippen molar-refractivity contribution >= 4 is 0 Å². The van der Waals surface area contributed by atoms with Gasteiger partial charge < -0.3 is 0 Å². The number of likely N-dealkylation sites (tertiary alicyclic amines) is 1. The minimum absolute atomic E-state index is 0.526. The minimum Gasteiger partial charge on any atom is -0.297 e. The van der Waals surface area contributed by atoms with Crippen LogP contribution >= 0.6 is 0 Å². The Kier molecular flexibility index (Phi) is 6.20. The van der Waals surface area contributed by atoms with E-state index in [1.165, 1.54) is 37.9 Å². The monoisotopic (exact) mass is 234 g/mol. The predicted molar refractivity (Wildman–Crippen MR) is 74.2 cm³/mol. The van der Waals surface area contributed by atoms with E-state index in [1.807, 2.05) is 27.0 Å². The Balaban J connectivity index is 0.000000686. The summed E-state index contributed by atoms with van der Waals surface area (Å²) in [6, 6.07) is 4.84. The van der Waals surface area contributed by atoms with Crippen LogP contribution in [0.2, 0.25) is 0 Å². The molecule has 0 radical (unpaired) electrons. The molecule has 0 N–H and O–H groups in total. The Morgan fingerprint density at radius 2 is 1.76 bits per heavy atom. The normalized spacial score (nSPS) is 18.1. The van der Waals surface area contributed by atoms with Crippen molar-refractivity contribution in [2.45, 2.75) is 53.0 Å². The lowest BCUT2D eigenvalue weighted by molar-refractivity contribution is 0.174. The van der Waals surface area contributed by atoms with Gasteiger partial charge in [-0.3, -0.25) is 9.88 Å². The Bertz CT molecular complexity index is 299. The smallest absolute Gasteiger partial charge is 0.0372 e. The van der Waals surface area contributed by atoms with E-state index in [0.29, 0.717) is 6.04 Å². The van der Waals surface area contributed by atoms with Crippen molar-refractivity contribution in [1.82, 2.24) is 9.88 Å². The highest BCUT2D eigenvalue weighted by atomic mass is 15.2. The van der Waals surface area contributed by atoms with Crippen molar-refractivity contribution in [3.05, 3.63) is 29.6 Å². The molecule has 2 rings (SSSR count). The van der Waals surface area contributed by atoms with Crippen molar-refractivity contribution < 1.29 is 0 Å². The van der Waals surface area contributed by atoms with Gasteiger partial charge >= 0.3 is 0 Å². The van der Waals surface area contributed by atoms with Crippen LogP contribution in [0.25, 0.3) is 0 Å². The Hall–Kier alpha value is -0.890. The van der Waals surface area contributed by atoms with Gasteiger partial charge in [-0.15, -0.1) is 0 Å². The molecule has 96 valence electrons. The second-order valence-corrected chi connectivity index (χ2v) is 4.51. The number of aromatic nitrogens is 1. The number of pyridine rings is 1. The quantitative estimate of drug-likeness (QED) is 0.770. The predicted octanol–water partition coefficient (Wildman–Crippen LogP) is 3.96. The molecule has 2 heterocycles. The molecule has 0 aliphatic carbocycles. The summed E-state index contributed by atoms with van der Waals surface area (Å²) in [5.74, 6) is 0. The first kappa shape index (κ1) is 14.2. The average molecular weight is 234 g/mol. The van der Waals surface area contributed by atoms with Crippen LogP contribution in [0.3, 0.4) is 0 Å². The minimum atomic E-state index is 0.526. The molecule has 1 fully saturated rings. The van der Waals surface area contributed by atoms with E-state index >= 15 is 0 Å². The van der Waals surface area contributed by atoms with E-state index in [-0.39, 0.29) is 0 Å². The summed E-state index contributed by atoms with van der Waals surface area (Å²) in [5, 5.41) is 0. The topological polar surface area (TPSA) is 16.1 Å². The molecule has 1 aliphatic heterocycles. The van der Waals surface area contributed by atoms with Gasteiger partial charge in [0.05, 0.1) is 0 Å². The number of rotatable bonds is 2. The highest BCUT2D eigenvalue weighted by molar-refractivity contribution is 5.16. The number of piperidine rings is 1. The van der Waals surface area contributed by atoms with Crippen molar-refractivity contribution in [3.63, 3.8) is 0 Å². The fourth-order valence-electron chi connectivity index (χ4n) is 2.24. The summed E-state index contributed by atoms with van der Waals surface area (Å²) < 4.78 is 0. The van der Waals surface area contributed by atoms with E-state index < -0.39 is 0 Å². The third-order valence-electron chi connectivity index (χ3n) is 3.36. The molecule has 0 saturated carbocycles. The first-order chi connectivity index (χ1) is 8.27. The molecule has 1 saturated heterocycles. The molecule has 0 amide bonds. The number of aryl methyl sites for hydroxylation is 1. The summed E-state index contributed by atoms with van der Waals surface area (Å²) in [4.78, 5) is 6.93. The standard InChI is InChI=1S/C13H20N2.C2H6/c1-11-6-7-13(10-14-11)12(2)15-8-4-3-5-9-15;1-2/h6-7,10,12H,3-5,8-9H2,1-2H3;1-2H3. The van der Waals surface area contributed by atoms with Crippen LogP contribution in [0.5, 0.6) is 0 Å². The first-order valence-electron chi connectivity index (χ1n) is 6.94. The molecule has 1 aromatic rings. The highest BCUT2D eigenvalue weighted by Gasteiger charge is 2.17. The second kappa shape index (κ2) is 7.44. The Labute approximate surface area is 106 Å². The second-order valence-electron chi connectivity index (χ2n) is 4.51. The van der Waals surface area contributed by atoms with Gasteiger partial charge in [-0.25, -0.2) is 0 Å². The first-order valence-corrected chi connectivity index (χ1v) is 6.94. The molecule has 1 aromatic heterocycles. The van der Waals surface area contributed by atoms with Gasteiger partial charge in [-0.05, 0) is 51.4 Å². The van der Waals surface area contributed by atoms with Gasteiger partial charge in [0.2, 0.25) is 0 Å². The van der Waals surface area contributed by atoms with Gasteiger partial charge in [-0.2, -0.15) is 0 Å². The fraction of sp³-hybridized carbons (Fsp3) is 0.667. The molecular weight excluding hydrogens is 208 g/mol. The van der Waals surface area contributed by atoms with E-state index in [1.54, 1.807) is 0 Å². The van der Waals surface area contributed by atoms with Gasteiger partial charge in [0, 0.05) is 17.9 Å². The Morgan fingerprint density at radius 3 is 2.29 bits per heavy atom. The molecule has 2 nitrogen and oxygen atoms in total. The molecule has 0 spiro atoms. The Morgan fingerprint density at radius 1 is 1.12 bits per heavy atom. The summed E-state index contributed by atoms with van der Waals surface area (Å²) >= 11 is 0.